The third-order valence-corrected chi connectivity index (χ3v) is 5.17. The van der Waals surface area contributed by atoms with Crippen molar-refractivity contribution < 1.29 is 14.8 Å². The summed E-state index contributed by atoms with van der Waals surface area (Å²) in [6.45, 7) is 4.27. The van der Waals surface area contributed by atoms with E-state index in [4.69, 9.17) is 5.73 Å². The number of primary amides is 1. The Bertz CT molecular complexity index is 1300. The summed E-state index contributed by atoms with van der Waals surface area (Å²) >= 11 is 0. The van der Waals surface area contributed by atoms with Crippen molar-refractivity contribution in [3.05, 3.63) is 71.3 Å². The van der Waals surface area contributed by atoms with Crippen LogP contribution in [0.1, 0.15) is 34.2 Å². The Morgan fingerprint density at radius 2 is 2.00 bits per heavy atom. The highest BCUT2D eigenvalue weighted by Crippen LogP contribution is 2.30. The number of hydrogen-bond donors (Lipinski definition) is 4. The van der Waals surface area contributed by atoms with Gasteiger partial charge in [0, 0.05) is 30.9 Å². The van der Waals surface area contributed by atoms with E-state index < -0.39 is 13.0 Å². The topological polar surface area (TPSA) is 139 Å². The van der Waals surface area contributed by atoms with Crippen molar-refractivity contribution in [2.45, 2.75) is 26.8 Å². The molecule has 0 fully saturated rings. The highest BCUT2D eigenvalue weighted by Gasteiger charge is 2.19. The first kappa shape index (κ1) is 21.5. The Labute approximate surface area is 185 Å². The van der Waals surface area contributed by atoms with Gasteiger partial charge in [0.25, 0.3) is 5.91 Å². The molecule has 9 nitrogen and oxygen atoms in total. The lowest BCUT2D eigenvalue weighted by atomic mass is 9.80. The Morgan fingerprint density at radius 3 is 2.72 bits per heavy atom. The lowest BCUT2D eigenvalue weighted by Crippen LogP contribution is -2.30. The summed E-state index contributed by atoms with van der Waals surface area (Å²) < 4.78 is 1.85. The van der Waals surface area contributed by atoms with Crippen LogP contribution in [0.4, 0.5) is 5.95 Å². The predicted octanol–water partition coefficient (Wildman–Crippen LogP) is 1.05. The molecule has 32 heavy (non-hydrogen) atoms. The molecule has 1 aromatic carbocycles. The average Bonchev–Trinajstić information content (AvgIpc) is 3.13. The quantitative estimate of drug-likeness (QED) is 0.322. The van der Waals surface area contributed by atoms with Crippen LogP contribution in [0, 0.1) is 6.92 Å². The van der Waals surface area contributed by atoms with Crippen LogP contribution in [0.25, 0.3) is 16.9 Å². The largest absolute Gasteiger partial charge is 0.488 e. The van der Waals surface area contributed by atoms with E-state index in [-0.39, 0.29) is 0 Å². The monoisotopic (exact) mass is 430 g/mol. The van der Waals surface area contributed by atoms with Gasteiger partial charge in [-0.3, -0.25) is 4.79 Å². The lowest BCUT2D eigenvalue weighted by Gasteiger charge is -2.10. The summed E-state index contributed by atoms with van der Waals surface area (Å²) in [6, 6.07) is 10.4. The molecule has 4 aromatic rings. The molecule has 0 radical (unpaired) electrons. The van der Waals surface area contributed by atoms with Crippen molar-refractivity contribution in [1.82, 2.24) is 19.4 Å². The number of aryl methyl sites for hydroxylation is 2. The molecule has 0 spiro atoms. The molecule has 0 saturated heterocycles. The van der Waals surface area contributed by atoms with Crippen LogP contribution in [-0.4, -0.2) is 42.4 Å². The number of carbonyl (C=O) groups is 1. The number of anilines is 1. The summed E-state index contributed by atoms with van der Waals surface area (Å²) in [4.78, 5) is 25.7. The van der Waals surface area contributed by atoms with Gasteiger partial charge >= 0.3 is 7.12 Å². The summed E-state index contributed by atoms with van der Waals surface area (Å²) in [5.74, 6) is 0.918. The summed E-state index contributed by atoms with van der Waals surface area (Å²) in [5.41, 5.74) is 9.54. The van der Waals surface area contributed by atoms with E-state index in [0.717, 1.165) is 16.7 Å². The fourth-order valence-corrected chi connectivity index (χ4v) is 3.65. The number of nitrogens with one attached hydrogen (secondary N) is 1. The van der Waals surface area contributed by atoms with Gasteiger partial charge in [-0.05, 0) is 35.6 Å². The van der Waals surface area contributed by atoms with E-state index in [1.165, 1.54) is 0 Å². The van der Waals surface area contributed by atoms with E-state index in [2.05, 4.69) is 20.3 Å². The molecule has 0 aliphatic rings. The number of amides is 1. The zero-order valence-corrected chi connectivity index (χ0v) is 17.8. The number of nitrogens with zero attached hydrogens (tertiary/aromatic N) is 4. The maximum absolute atomic E-state index is 12.0. The van der Waals surface area contributed by atoms with Crippen molar-refractivity contribution in [2.75, 3.05) is 5.32 Å². The molecule has 10 heteroatoms. The van der Waals surface area contributed by atoms with Crippen LogP contribution in [0.5, 0.6) is 0 Å². The minimum atomic E-state index is -1.53. The SMILES string of the molecule is CCc1nc(NCc2cccc(B(O)O)c2)nc(-c2c(C)cn3cccc(C(N)=O)c23)n1. The highest BCUT2D eigenvalue weighted by atomic mass is 16.4. The van der Waals surface area contributed by atoms with Crippen molar-refractivity contribution in [2.24, 2.45) is 5.73 Å². The molecular weight excluding hydrogens is 407 g/mol. The third kappa shape index (κ3) is 4.18. The molecule has 0 unspecified atom stereocenters. The molecule has 162 valence electrons. The minimum Gasteiger partial charge on any atom is -0.423 e. The van der Waals surface area contributed by atoms with Gasteiger partial charge in [0.15, 0.2) is 5.82 Å². The molecule has 0 aliphatic carbocycles. The molecule has 1 amide bonds. The maximum Gasteiger partial charge on any atom is 0.488 e. The van der Waals surface area contributed by atoms with E-state index in [0.29, 0.717) is 47.1 Å². The number of rotatable bonds is 7. The van der Waals surface area contributed by atoms with Gasteiger partial charge in [0.1, 0.15) is 5.82 Å². The molecule has 5 N–H and O–H groups in total. The number of fused-ring (bicyclic) bond motifs is 1. The Morgan fingerprint density at radius 1 is 1.19 bits per heavy atom. The smallest absolute Gasteiger partial charge is 0.423 e. The average molecular weight is 430 g/mol. The fraction of sp³-hybridized carbons (Fsp3) is 0.182. The zero-order chi connectivity index (χ0) is 22.8. The minimum absolute atomic E-state index is 0.384. The van der Waals surface area contributed by atoms with Gasteiger partial charge in [-0.1, -0.05) is 31.2 Å². The molecule has 0 aliphatic heterocycles. The predicted molar refractivity (Wildman–Crippen MR) is 122 cm³/mol. The second-order valence-corrected chi connectivity index (χ2v) is 7.45. The second kappa shape index (κ2) is 8.78. The van der Waals surface area contributed by atoms with Crippen LogP contribution in [0.3, 0.4) is 0 Å². The molecule has 0 atom stereocenters. The fourth-order valence-electron chi connectivity index (χ4n) is 3.65. The van der Waals surface area contributed by atoms with Crippen LogP contribution in [0.15, 0.2) is 48.8 Å². The third-order valence-electron chi connectivity index (χ3n) is 5.17. The first-order valence-electron chi connectivity index (χ1n) is 10.2. The van der Waals surface area contributed by atoms with Gasteiger partial charge in [0.2, 0.25) is 5.95 Å². The molecule has 3 heterocycles. The lowest BCUT2D eigenvalue weighted by molar-refractivity contribution is 0.100. The van der Waals surface area contributed by atoms with Crippen molar-refractivity contribution >= 4 is 30.0 Å². The van der Waals surface area contributed by atoms with Gasteiger partial charge in [-0.25, -0.2) is 4.98 Å². The van der Waals surface area contributed by atoms with Crippen molar-refractivity contribution in [3.63, 3.8) is 0 Å². The van der Waals surface area contributed by atoms with E-state index in [9.17, 15) is 14.8 Å². The van der Waals surface area contributed by atoms with E-state index in [1.807, 2.05) is 36.7 Å². The number of pyridine rings is 1. The van der Waals surface area contributed by atoms with Crippen molar-refractivity contribution in [1.29, 1.82) is 0 Å². The number of hydrogen-bond acceptors (Lipinski definition) is 7. The number of carbonyl (C=O) groups excluding carboxylic acids is 1. The number of aromatic nitrogens is 4. The Hall–Kier alpha value is -3.76. The zero-order valence-electron chi connectivity index (χ0n) is 17.8. The molecule has 3 aromatic heterocycles. The molecular formula is C22H23BN6O3. The van der Waals surface area contributed by atoms with Crippen LogP contribution in [0.2, 0.25) is 0 Å². The standard InChI is InChI=1S/C22H23BN6O3/c1-3-17-26-21(18-13(2)12-29-9-5-8-16(19(18)29)20(24)30)28-22(27-17)25-11-14-6-4-7-15(10-14)23(31)32/h4-10,12,31-32H,3,11H2,1-2H3,(H2,24,30)(H,25,26,27,28). The summed E-state index contributed by atoms with van der Waals surface area (Å²) in [5, 5.41) is 22.0. The number of nitrogens with two attached hydrogens (primary N) is 1. The van der Waals surface area contributed by atoms with Gasteiger partial charge in [-0.2, -0.15) is 9.97 Å². The first-order chi connectivity index (χ1) is 15.4. The van der Waals surface area contributed by atoms with Crippen LogP contribution >= 0.6 is 0 Å². The van der Waals surface area contributed by atoms with E-state index in [1.54, 1.807) is 30.3 Å². The number of benzene rings is 1. The molecule has 4 rings (SSSR count). The summed E-state index contributed by atoms with van der Waals surface area (Å²) in [6.07, 6.45) is 4.36. The first-order valence-corrected chi connectivity index (χ1v) is 10.2. The highest BCUT2D eigenvalue weighted by molar-refractivity contribution is 6.58. The normalized spacial score (nSPS) is 11.0. The summed E-state index contributed by atoms with van der Waals surface area (Å²) in [7, 11) is -1.53. The van der Waals surface area contributed by atoms with Gasteiger partial charge < -0.3 is 25.5 Å². The van der Waals surface area contributed by atoms with Crippen molar-refractivity contribution in [3.8, 4) is 11.4 Å². The van der Waals surface area contributed by atoms with Gasteiger partial charge in [0.05, 0.1) is 11.1 Å². The molecule has 0 saturated carbocycles. The second-order valence-electron chi connectivity index (χ2n) is 7.45. The van der Waals surface area contributed by atoms with Crippen LogP contribution < -0.4 is 16.5 Å². The Kier molecular flexibility index (Phi) is 5.89. The molecule has 0 bridgehead atoms. The Balaban J connectivity index is 1.74. The van der Waals surface area contributed by atoms with Crippen LogP contribution in [-0.2, 0) is 13.0 Å². The van der Waals surface area contributed by atoms with E-state index >= 15 is 0 Å². The maximum atomic E-state index is 12.0. The van der Waals surface area contributed by atoms with Gasteiger partial charge in [-0.15, -0.1) is 0 Å².